The highest BCUT2D eigenvalue weighted by atomic mass is 16.5. The average Bonchev–Trinajstić information content (AvgIpc) is 2.49. The van der Waals surface area contributed by atoms with Crippen LogP contribution in [0.2, 0.25) is 0 Å². The molecule has 4 heteroatoms. The Labute approximate surface area is 121 Å². The van der Waals surface area contributed by atoms with Crippen LogP contribution >= 0.6 is 0 Å². The zero-order valence-electron chi connectivity index (χ0n) is 12.4. The third kappa shape index (κ3) is 3.43. The van der Waals surface area contributed by atoms with Gasteiger partial charge < -0.3 is 15.0 Å². The smallest absolute Gasteiger partial charge is 0.143 e. The predicted octanol–water partition coefficient (Wildman–Crippen LogP) is 2.85. The molecule has 1 atom stereocenters. The maximum Gasteiger partial charge on any atom is 0.143 e. The fourth-order valence-electron chi connectivity index (χ4n) is 2.85. The second kappa shape index (κ2) is 7.16. The lowest BCUT2D eigenvalue weighted by molar-refractivity contribution is 0.179. The molecule has 4 nitrogen and oxygen atoms in total. The number of likely N-dealkylation sites (tertiary alicyclic amines) is 1. The zero-order chi connectivity index (χ0) is 14.4. The molecular formula is C16H23N3O. The van der Waals surface area contributed by atoms with Gasteiger partial charge in [0.05, 0.1) is 18.4 Å². The van der Waals surface area contributed by atoms with E-state index in [2.05, 4.69) is 23.3 Å². The number of nitrogens with one attached hydrogen (secondary N) is 1. The monoisotopic (exact) mass is 273 g/mol. The summed E-state index contributed by atoms with van der Waals surface area (Å²) in [5.74, 6) is 0.737. The van der Waals surface area contributed by atoms with Gasteiger partial charge in [0, 0.05) is 12.6 Å². The molecule has 1 unspecified atom stereocenters. The van der Waals surface area contributed by atoms with Gasteiger partial charge in [-0.25, -0.2) is 0 Å². The van der Waals surface area contributed by atoms with Crippen molar-refractivity contribution >= 4 is 5.69 Å². The minimum atomic E-state index is 0.640. The highest BCUT2D eigenvalue weighted by molar-refractivity contribution is 5.66. The van der Waals surface area contributed by atoms with Crippen LogP contribution in [0.5, 0.6) is 5.75 Å². The largest absolute Gasteiger partial charge is 0.495 e. The van der Waals surface area contributed by atoms with Gasteiger partial charge in [0.25, 0.3) is 0 Å². The number of hydrogen-bond donors (Lipinski definition) is 1. The van der Waals surface area contributed by atoms with Gasteiger partial charge in [-0.2, -0.15) is 5.26 Å². The summed E-state index contributed by atoms with van der Waals surface area (Å²) in [4.78, 5) is 2.44. The Hall–Kier alpha value is -1.73. The SMILES string of the molecule is COc1cccc(C#N)c1NCCC1CCCCN1C. The van der Waals surface area contributed by atoms with Crippen molar-refractivity contribution in [2.45, 2.75) is 31.7 Å². The number of hydrogen-bond acceptors (Lipinski definition) is 4. The number of nitriles is 1. The van der Waals surface area contributed by atoms with E-state index in [1.54, 1.807) is 7.11 Å². The van der Waals surface area contributed by atoms with Crippen LogP contribution in [0.3, 0.4) is 0 Å². The Morgan fingerprint density at radius 1 is 1.45 bits per heavy atom. The van der Waals surface area contributed by atoms with E-state index in [9.17, 15) is 5.26 Å². The predicted molar refractivity (Wildman–Crippen MR) is 81.1 cm³/mol. The summed E-state index contributed by atoms with van der Waals surface area (Å²) < 4.78 is 5.33. The molecule has 0 aliphatic carbocycles. The van der Waals surface area contributed by atoms with Gasteiger partial charge in [-0.1, -0.05) is 12.5 Å². The van der Waals surface area contributed by atoms with E-state index in [-0.39, 0.29) is 0 Å². The Kier molecular flexibility index (Phi) is 5.25. The molecule has 1 N–H and O–H groups in total. The van der Waals surface area contributed by atoms with Crippen LogP contribution in [0, 0.1) is 11.3 Å². The summed E-state index contributed by atoms with van der Waals surface area (Å²) in [6.45, 7) is 2.06. The maximum atomic E-state index is 9.17. The molecule has 0 bridgehead atoms. The fraction of sp³-hybridized carbons (Fsp3) is 0.562. The van der Waals surface area contributed by atoms with Crippen molar-refractivity contribution in [2.24, 2.45) is 0 Å². The highest BCUT2D eigenvalue weighted by Crippen LogP contribution is 2.28. The second-order valence-electron chi connectivity index (χ2n) is 5.34. The van der Waals surface area contributed by atoms with Gasteiger partial charge in [-0.05, 0) is 45.0 Å². The second-order valence-corrected chi connectivity index (χ2v) is 5.34. The molecule has 20 heavy (non-hydrogen) atoms. The van der Waals surface area contributed by atoms with Crippen molar-refractivity contribution in [3.05, 3.63) is 23.8 Å². The first kappa shape index (κ1) is 14.7. The van der Waals surface area contributed by atoms with Crippen molar-refractivity contribution in [1.82, 2.24) is 4.90 Å². The van der Waals surface area contributed by atoms with Crippen LogP contribution in [0.25, 0.3) is 0 Å². The van der Waals surface area contributed by atoms with Crippen LogP contribution in [0.15, 0.2) is 18.2 Å². The summed E-state index contributed by atoms with van der Waals surface area (Å²) in [5, 5.41) is 12.6. The van der Waals surface area contributed by atoms with E-state index in [1.807, 2.05) is 18.2 Å². The lowest BCUT2D eigenvalue weighted by Crippen LogP contribution is -2.37. The molecule has 1 fully saturated rings. The van der Waals surface area contributed by atoms with Gasteiger partial charge in [0.15, 0.2) is 0 Å². The van der Waals surface area contributed by atoms with E-state index >= 15 is 0 Å². The average molecular weight is 273 g/mol. The summed E-state index contributed by atoms with van der Waals surface area (Å²) in [6.07, 6.45) is 5.01. The van der Waals surface area contributed by atoms with Crippen LogP contribution in [0.4, 0.5) is 5.69 Å². The lowest BCUT2D eigenvalue weighted by Gasteiger charge is -2.32. The van der Waals surface area contributed by atoms with E-state index in [1.165, 1.54) is 25.8 Å². The molecule has 108 valence electrons. The third-order valence-corrected chi connectivity index (χ3v) is 4.07. The molecule has 1 aliphatic rings. The first-order valence-corrected chi connectivity index (χ1v) is 7.27. The Morgan fingerprint density at radius 2 is 2.30 bits per heavy atom. The molecule has 0 saturated carbocycles. The molecule has 1 heterocycles. The fourth-order valence-corrected chi connectivity index (χ4v) is 2.85. The van der Waals surface area contributed by atoms with Crippen LogP contribution in [-0.4, -0.2) is 38.2 Å². The van der Waals surface area contributed by atoms with Crippen LogP contribution in [0.1, 0.15) is 31.2 Å². The van der Waals surface area contributed by atoms with E-state index in [0.717, 1.165) is 24.4 Å². The quantitative estimate of drug-likeness (QED) is 0.896. The highest BCUT2D eigenvalue weighted by Gasteiger charge is 2.18. The number of ether oxygens (including phenoxy) is 1. The lowest BCUT2D eigenvalue weighted by atomic mass is 10.00. The number of piperidine rings is 1. The van der Waals surface area contributed by atoms with Gasteiger partial charge >= 0.3 is 0 Å². The first-order chi connectivity index (χ1) is 9.76. The third-order valence-electron chi connectivity index (χ3n) is 4.07. The standard InChI is InChI=1S/C16H23N3O/c1-19-11-4-3-7-14(19)9-10-18-16-13(12-17)6-5-8-15(16)20-2/h5-6,8,14,18H,3-4,7,9-11H2,1-2H3. The van der Waals surface area contributed by atoms with Crippen molar-refractivity contribution in [1.29, 1.82) is 5.26 Å². The van der Waals surface area contributed by atoms with Gasteiger partial charge in [0.2, 0.25) is 0 Å². The van der Waals surface area contributed by atoms with E-state index in [4.69, 9.17) is 4.74 Å². The normalized spacial score (nSPS) is 19.4. The summed E-state index contributed by atoms with van der Waals surface area (Å²) in [5.41, 5.74) is 1.46. The number of rotatable bonds is 5. The van der Waals surface area contributed by atoms with Gasteiger partial charge in [-0.3, -0.25) is 0 Å². The number of benzene rings is 1. The Bertz CT molecular complexity index is 481. The van der Waals surface area contributed by atoms with E-state index in [0.29, 0.717) is 11.6 Å². The minimum Gasteiger partial charge on any atom is -0.495 e. The molecule has 0 amide bonds. The van der Waals surface area contributed by atoms with Crippen molar-refractivity contribution in [3.8, 4) is 11.8 Å². The number of nitrogens with zero attached hydrogens (tertiary/aromatic N) is 2. The molecule has 1 aromatic carbocycles. The first-order valence-electron chi connectivity index (χ1n) is 7.27. The van der Waals surface area contributed by atoms with Crippen molar-refractivity contribution in [3.63, 3.8) is 0 Å². The summed E-state index contributed by atoms with van der Waals surface area (Å²) >= 11 is 0. The Balaban J connectivity index is 1.95. The molecule has 1 saturated heterocycles. The molecule has 1 aromatic rings. The molecular weight excluding hydrogens is 250 g/mol. The minimum absolute atomic E-state index is 0.640. The maximum absolute atomic E-state index is 9.17. The number of methoxy groups -OCH3 is 1. The van der Waals surface area contributed by atoms with Gasteiger partial charge in [-0.15, -0.1) is 0 Å². The molecule has 0 aromatic heterocycles. The molecule has 0 radical (unpaired) electrons. The Morgan fingerprint density at radius 3 is 3.00 bits per heavy atom. The van der Waals surface area contributed by atoms with Crippen LogP contribution < -0.4 is 10.1 Å². The number of anilines is 1. The number of para-hydroxylation sites is 1. The molecule has 1 aliphatic heterocycles. The molecule has 2 rings (SSSR count). The summed E-state index contributed by atoms with van der Waals surface area (Å²) in [6, 6.07) is 8.41. The van der Waals surface area contributed by atoms with Gasteiger partial charge in [0.1, 0.15) is 11.8 Å². The van der Waals surface area contributed by atoms with Crippen molar-refractivity contribution in [2.75, 3.05) is 32.6 Å². The zero-order valence-corrected chi connectivity index (χ0v) is 12.4. The summed E-state index contributed by atoms with van der Waals surface area (Å²) in [7, 11) is 3.84. The van der Waals surface area contributed by atoms with E-state index < -0.39 is 0 Å². The molecule has 0 spiro atoms. The van der Waals surface area contributed by atoms with Crippen molar-refractivity contribution < 1.29 is 4.74 Å². The topological polar surface area (TPSA) is 48.3 Å². The van der Waals surface area contributed by atoms with Crippen LogP contribution in [-0.2, 0) is 0 Å².